The van der Waals surface area contributed by atoms with Gasteiger partial charge < -0.3 is 5.11 Å². The lowest BCUT2D eigenvalue weighted by Gasteiger charge is -2.16. The third-order valence-corrected chi connectivity index (χ3v) is 4.19. The van der Waals surface area contributed by atoms with Crippen molar-refractivity contribution in [2.75, 3.05) is 0 Å². The van der Waals surface area contributed by atoms with Crippen molar-refractivity contribution in [3.63, 3.8) is 0 Å². The third-order valence-electron chi connectivity index (χ3n) is 4.19. The Kier molecular flexibility index (Phi) is 3.33. The van der Waals surface area contributed by atoms with Gasteiger partial charge in [0, 0.05) is 0 Å². The molecule has 1 heteroatoms. The number of hydrogen-bond donors (Lipinski definition) is 1. The van der Waals surface area contributed by atoms with E-state index in [0.717, 1.165) is 17.9 Å². The molecule has 2 aromatic rings. The van der Waals surface area contributed by atoms with E-state index in [9.17, 15) is 5.11 Å². The molecule has 1 unspecified atom stereocenters. The molecule has 0 heterocycles. The molecule has 1 atom stereocenters. The summed E-state index contributed by atoms with van der Waals surface area (Å²) >= 11 is 0. The van der Waals surface area contributed by atoms with Gasteiger partial charge in [-0.15, -0.1) is 0 Å². The molecule has 1 nitrogen and oxygen atoms in total. The van der Waals surface area contributed by atoms with Gasteiger partial charge in [-0.25, -0.2) is 0 Å². The number of fused-ring (bicyclic) bond motifs is 1. The summed E-state index contributed by atoms with van der Waals surface area (Å²) in [6.45, 7) is 0. The summed E-state index contributed by atoms with van der Waals surface area (Å²) in [4.78, 5) is 0. The van der Waals surface area contributed by atoms with Gasteiger partial charge in [0.25, 0.3) is 0 Å². The van der Waals surface area contributed by atoms with Gasteiger partial charge in [0.2, 0.25) is 0 Å². The first-order valence-electron chi connectivity index (χ1n) is 7.00. The maximum Gasteiger partial charge on any atom is 0.0792 e. The van der Waals surface area contributed by atoms with Crippen molar-refractivity contribution >= 4 is 10.8 Å². The number of rotatable bonds is 3. The molecule has 1 N–H and O–H groups in total. The lowest BCUT2D eigenvalue weighted by Crippen LogP contribution is -2.04. The van der Waals surface area contributed by atoms with Gasteiger partial charge in [-0.3, -0.25) is 0 Å². The zero-order valence-corrected chi connectivity index (χ0v) is 10.7. The van der Waals surface area contributed by atoms with Crippen molar-refractivity contribution in [3.05, 3.63) is 48.0 Å². The fourth-order valence-corrected chi connectivity index (χ4v) is 3.11. The van der Waals surface area contributed by atoms with E-state index >= 15 is 0 Å². The molecule has 18 heavy (non-hydrogen) atoms. The van der Waals surface area contributed by atoms with E-state index < -0.39 is 0 Å². The van der Waals surface area contributed by atoms with Crippen molar-refractivity contribution in [2.45, 2.75) is 38.2 Å². The molecule has 1 fully saturated rings. The van der Waals surface area contributed by atoms with Crippen LogP contribution < -0.4 is 0 Å². The molecule has 0 aromatic heterocycles. The Bertz CT molecular complexity index is 526. The molecule has 0 aliphatic heterocycles. The van der Waals surface area contributed by atoms with Crippen molar-refractivity contribution in [3.8, 4) is 0 Å². The quantitative estimate of drug-likeness (QED) is 0.840. The lowest BCUT2D eigenvalue weighted by atomic mass is 9.94. The summed E-state index contributed by atoms with van der Waals surface area (Å²) in [6, 6.07) is 14.6. The second-order valence-electron chi connectivity index (χ2n) is 5.51. The number of benzene rings is 2. The van der Waals surface area contributed by atoms with Crippen LogP contribution in [-0.4, -0.2) is 5.11 Å². The average Bonchev–Trinajstić information content (AvgIpc) is 2.91. The standard InChI is InChI=1S/C17H20O/c18-17(11-13-5-1-2-6-13)16-10-9-14-7-3-4-8-15(14)12-16/h3-4,7-10,12-13,17-18H,1-2,5-6,11H2. The van der Waals surface area contributed by atoms with Gasteiger partial charge in [0.05, 0.1) is 6.10 Å². The normalized spacial score (nSPS) is 18.3. The highest BCUT2D eigenvalue weighted by Crippen LogP contribution is 2.33. The van der Waals surface area contributed by atoms with E-state index in [4.69, 9.17) is 0 Å². The fraction of sp³-hybridized carbons (Fsp3) is 0.412. The van der Waals surface area contributed by atoms with Gasteiger partial charge in [-0.1, -0.05) is 62.1 Å². The first-order chi connectivity index (χ1) is 8.83. The first-order valence-corrected chi connectivity index (χ1v) is 7.00. The average molecular weight is 240 g/mol. The molecular formula is C17H20O. The van der Waals surface area contributed by atoms with Gasteiger partial charge in [0.1, 0.15) is 0 Å². The SMILES string of the molecule is OC(CC1CCCC1)c1ccc2ccccc2c1. The number of aliphatic hydroxyl groups excluding tert-OH is 1. The minimum absolute atomic E-state index is 0.294. The molecule has 0 radical (unpaired) electrons. The minimum atomic E-state index is -0.294. The lowest BCUT2D eigenvalue weighted by molar-refractivity contribution is 0.145. The van der Waals surface area contributed by atoms with E-state index in [1.165, 1.54) is 36.5 Å². The Labute approximate surface area is 108 Å². The smallest absolute Gasteiger partial charge is 0.0792 e. The van der Waals surface area contributed by atoms with Crippen LogP contribution in [0.4, 0.5) is 0 Å². The summed E-state index contributed by atoms with van der Waals surface area (Å²) in [6.07, 6.45) is 5.91. The number of hydrogen-bond acceptors (Lipinski definition) is 1. The maximum atomic E-state index is 10.3. The minimum Gasteiger partial charge on any atom is -0.388 e. The summed E-state index contributed by atoms with van der Waals surface area (Å²) in [7, 11) is 0. The Morgan fingerprint density at radius 3 is 2.50 bits per heavy atom. The van der Waals surface area contributed by atoms with Gasteiger partial charge in [-0.05, 0) is 34.7 Å². The Balaban J connectivity index is 1.80. The van der Waals surface area contributed by atoms with Crippen LogP contribution in [0.3, 0.4) is 0 Å². The van der Waals surface area contributed by atoms with E-state index in [-0.39, 0.29) is 6.10 Å². The van der Waals surface area contributed by atoms with E-state index in [0.29, 0.717) is 0 Å². The predicted octanol–water partition coefficient (Wildman–Crippen LogP) is 4.45. The summed E-state index contributed by atoms with van der Waals surface area (Å²) in [5.41, 5.74) is 1.07. The Morgan fingerprint density at radius 2 is 1.72 bits per heavy atom. The summed E-state index contributed by atoms with van der Waals surface area (Å²) < 4.78 is 0. The van der Waals surface area contributed by atoms with Gasteiger partial charge in [-0.2, -0.15) is 0 Å². The second-order valence-corrected chi connectivity index (χ2v) is 5.51. The fourth-order valence-electron chi connectivity index (χ4n) is 3.11. The molecule has 1 saturated carbocycles. The molecule has 1 aliphatic rings. The highest BCUT2D eigenvalue weighted by atomic mass is 16.3. The van der Waals surface area contributed by atoms with E-state index in [1.807, 2.05) is 0 Å². The Morgan fingerprint density at radius 1 is 1.00 bits per heavy atom. The second kappa shape index (κ2) is 5.11. The van der Waals surface area contributed by atoms with Crippen LogP contribution in [0.2, 0.25) is 0 Å². The molecule has 0 amide bonds. The highest BCUT2D eigenvalue weighted by Gasteiger charge is 2.19. The van der Waals surface area contributed by atoms with Crippen molar-refractivity contribution in [2.24, 2.45) is 5.92 Å². The zero-order valence-electron chi connectivity index (χ0n) is 10.7. The Hall–Kier alpha value is -1.34. The largest absolute Gasteiger partial charge is 0.388 e. The van der Waals surface area contributed by atoms with Crippen molar-refractivity contribution in [1.29, 1.82) is 0 Å². The molecule has 3 rings (SSSR count). The van der Waals surface area contributed by atoms with Crippen LogP contribution in [0.25, 0.3) is 10.8 Å². The highest BCUT2D eigenvalue weighted by molar-refractivity contribution is 5.83. The molecule has 0 saturated heterocycles. The van der Waals surface area contributed by atoms with Crippen LogP contribution in [0, 0.1) is 5.92 Å². The summed E-state index contributed by atoms with van der Waals surface area (Å²) in [5.74, 6) is 0.728. The van der Waals surface area contributed by atoms with Crippen LogP contribution >= 0.6 is 0 Å². The van der Waals surface area contributed by atoms with E-state index in [1.54, 1.807) is 0 Å². The topological polar surface area (TPSA) is 20.2 Å². The van der Waals surface area contributed by atoms with Gasteiger partial charge >= 0.3 is 0 Å². The monoisotopic (exact) mass is 240 g/mol. The van der Waals surface area contributed by atoms with Crippen LogP contribution in [0.15, 0.2) is 42.5 Å². The van der Waals surface area contributed by atoms with E-state index in [2.05, 4.69) is 42.5 Å². The summed E-state index contributed by atoms with van der Waals surface area (Å²) in [5, 5.41) is 12.8. The van der Waals surface area contributed by atoms with Crippen molar-refractivity contribution < 1.29 is 5.11 Å². The van der Waals surface area contributed by atoms with Gasteiger partial charge in [0.15, 0.2) is 0 Å². The third kappa shape index (κ3) is 2.41. The molecule has 1 aliphatic carbocycles. The zero-order chi connectivity index (χ0) is 12.4. The predicted molar refractivity (Wildman–Crippen MR) is 75.5 cm³/mol. The molecule has 0 bridgehead atoms. The van der Waals surface area contributed by atoms with Crippen molar-refractivity contribution in [1.82, 2.24) is 0 Å². The van der Waals surface area contributed by atoms with Crippen LogP contribution in [0.1, 0.15) is 43.8 Å². The molecule has 0 spiro atoms. The maximum absolute atomic E-state index is 10.3. The molecule has 2 aromatic carbocycles. The molecular weight excluding hydrogens is 220 g/mol. The number of aliphatic hydroxyl groups is 1. The van der Waals surface area contributed by atoms with Crippen LogP contribution in [0.5, 0.6) is 0 Å². The molecule has 94 valence electrons. The first kappa shape index (κ1) is 11.7. The van der Waals surface area contributed by atoms with Crippen LogP contribution in [-0.2, 0) is 0 Å².